The quantitative estimate of drug-likeness (QED) is 0.0842. The number of nitrogens with zero attached hydrogens (tertiary/aromatic N) is 5. The molecule has 68 heavy (non-hydrogen) atoms. The normalized spacial score (nSPS) is 12.6. The molecule has 353 valence electrons. The molecule has 0 amide bonds. The van der Waals surface area contributed by atoms with E-state index in [2.05, 4.69) is 93.7 Å². The standard InChI is InChI=1S/C12H14N2.C12H12N2.C9H17BO2.C9H7BrN2.C9H8N2.BHNS.H2S.U.H2/c2*1-8(2)12-9-5-3-4-6-11(9)14-7-10(12)13;1-7(2)10-11-8(3,4)9(5,6)12-10;10-9-6-3-1-2-4-8(6)12-5-7(9)11;10-8-5-7-3-1-2-4-9(7)11-6-8;1-2-3;;;/h3-8H,13H2,1-2H3;3-7H,1,13H2,2H3;1H2,2-6H3;1-5H,11H2;1-6H,10H2;3H;1H2;;1H/i;;;;;;;;1+2. The van der Waals surface area contributed by atoms with Gasteiger partial charge in [-0.15, -0.1) is 6.58 Å². The zero-order valence-corrected chi connectivity index (χ0v) is 47.6. The van der Waals surface area contributed by atoms with Gasteiger partial charge in [-0.3, -0.25) is 19.9 Å². The molecule has 0 spiro atoms. The molecule has 1 aliphatic heterocycles. The largest absolute Gasteiger partial charge is 0 e. The van der Waals surface area contributed by atoms with Gasteiger partial charge in [-0.2, -0.15) is 13.5 Å². The van der Waals surface area contributed by atoms with E-state index in [0.717, 1.165) is 65.0 Å². The van der Waals surface area contributed by atoms with Gasteiger partial charge in [0.2, 0.25) is 0 Å². The molecule has 8 aromatic rings. The maximum absolute atomic E-state index is 5.93. The fraction of sp³-hybridized carbons (Fsp3) is 0.216. The summed E-state index contributed by atoms with van der Waals surface area (Å²) in [5.41, 5.74) is 33.4. The van der Waals surface area contributed by atoms with Gasteiger partial charge in [0.25, 0.3) is 0 Å². The molecule has 0 unspecified atom stereocenters. The summed E-state index contributed by atoms with van der Waals surface area (Å²) in [6, 6.07) is 33.7. The summed E-state index contributed by atoms with van der Waals surface area (Å²) >= 11 is 6.61. The first kappa shape index (κ1) is 59.4. The maximum atomic E-state index is 5.93. The summed E-state index contributed by atoms with van der Waals surface area (Å²) in [5.74, 6) is 0.433. The third-order valence-electron chi connectivity index (χ3n) is 10.7. The van der Waals surface area contributed by atoms with Crippen LogP contribution in [-0.2, 0) is 9.31 Å². The van der Waals surface area contributed by atoms with Gasteiger partial charge in [0.1, 0.15) is 0 Å². The summed E-state index contributed by atoms with van der Waals surface area (Å²) in [4.78, 5) is 16.9. The fourth-order valence-corrected chi connectivity index (χ4v) is 7.15. The smallest absolute Gasteiger partial charge is 0 e. The van der Waals surface area contributed by atoms with Crippen molar-refractivity contribution in [2.75, 3.05) is 22.9 Å². The Labute approximate surface area is 449 Å². The van der Waals surface area contributed by atoms with Crippen LogP contribution in [0.1, 0.15) is 73.9 Å². The van der Waals surface area contributed by atoms with E-state index >= 15 is 0 Å². The number of aromatic nitrogens is 4. The van der Waals surface area contributed by atoms with E-state index in [9.17, 15) is 0 Å². The van der Waals surface area contributed by atoms with Gasteiger partial charge in [-0.25, -0.2) is 0 Å². The Morgan fingerprint density at radius 2 is 1.07 bits per heavy atom. The number of rotatable bonds is 3. The minimum atomic E-state index is -0.241. The first-order chi connectivity index (χ1) is 31.2. The summed E-state index contributed by atoms with van der Waals surface area (Å²) in [7, 11) is 4.10. The number of nitrogen functional groups attached to an aromatic ring is 4. The number of fused-ring (bicyclic) bond motifs is 4. The Morgan fingerprint density at radius 3 is 1.56 bits per heavy atom. The number of hydrogen-bond acceptors (Lipinski definition) is 12. The molecule has 4 aromatic carbocycles. The van der Waals surface area contributed by atoms with E-state index in [-0.39, 0.29) is 64.4 Å². The molecule has 11 nitrogen and oxygen atoms in total. The predicted molar refractivity (Wildman–Crippen MR) is 302 cm³/mol. The molecule has 17 heteroatoms. The molecule has 0 atom stereocenters. The zero-order valence-electron chi connectivity index (χ0n) is 40.0. The first-order valence-corrected chi connectivity index (χ1v) is 22.3. The molecule has 0 aliphatic carbocycles. The second kappa shape index (κ2) is 27.5. The zero-order chi connectivity index (χ0) is 48.8. The second-order valence-electron chi connectivity index (χ2n) is 16.7. The van der Waals surface area contributed by atoms with Crippen molar-refractivity contribution in [1.82, 2.24) is 19.9 Å². The van der Waals surface area contributed by atoms with E-state index in [1.807, 2.05) is 139 Å². The van der Waals surface area contributed by atoms with Crippen LogP contribution in [0.5, 0.6) is 0 Å². The van der Waals surface area contributed by atoms with Gasteiger partial charge in [-0.05, 0) is 105 Å². The van der Waals surface area contributed by atoms with E-state index in [1.54, 1.807) is 24.8 Å². The van der Waals surface area contributed by atoms with E-state index in [0.29, 0.717) is 23.0 Å². The fourth-order valence-electron chi connectivity index (χ4n) is 6.71. The molecule has 1 fully saturated rings. The van der Waals surface area contributed by atoms with Crippen LogP contribution in [0.25, 0.3) is 49.2 Å². The molecule has 0 saturated carbocycles. The van der Waals surface area contributed by atoms with Crippen molar-refractivity contribution in [1.29, 1.82) is 0 Å². The minimum absolute atomic E-state index is 0. The summed E-state index contributed by atoms with van der Waals surface area (Å²) in [6.07, 6.45) is 6.76. The number of anilines is 4. The molecule has 0 bridgehead atoms. The van der Waals surface area contributed by atoms with Crippen molar-refractivity contribution in [3.8, 4) is 0 Å². The van der Waals surface area contributed by atoms with E-state index < -0.39 is 0 Å². The molecule has 1 radical (unpaired) electrons. The van der Waals surface area contributed by atoms with E-state index in [4.69, 9.17) is 32.2 Å². The van der Waals surface area contributed by atoms with Crippen LogP contribution < -0.4 is 22.9 Å². The number of hydrogen-bond donors (Lipinski definition) is 5. The van der Waals surface area contributed by atoms with Crippen LogP contribution in [0.3, 0.4) is 0 Å². The van der Waals surface area contributed by atoms with Crippen molar-refractivity contribution >= 4 is 129 Å². The Morgan fingerprint density at radius 1 is 0.676 bits per heavy atom. The molecule has 9 rings (SSSR count). The first-order valence-electron chi connectivity index (χ1n) is 21.1. The van der Waals surface area contributed by atoms with Crippen LogP contribution in [0.2, 0.25) is 0 Å². The van der Waals surface area contributed by atoms with Gasteiger partial charge in [0.15, 0.2) is 0 Å². The number of para-hydroxylation sites is 4. The number of thiol groups is 1. The molecule has 1 aliphatic rings. The monoisotopic (exact) mass is 1240 g/mol. The topological polar surface area (TPSA) is 186 Å². The van der Waals surface area contributed by atoms with Gasteiger partial charge >= 0.3 is 31.9 Å². The molecule has 5 heterocycles. The Bertz CT molecular complexity index is 2960. The van der Waals surface area contributed by atoms with Crippen molar-refractivity contribution in [3.05, 3.63) is 162 Å². The van der Waals surface area contributed by atoms with Gasteiger partial charge in [0, 0.05) is 59.6 Å². The Kier molecular flexibility index (Phi) is 24.0. The van der Waals surface area contributed by atoms with Gasteiger partial charge in [0.05, 0.1) is 85.3 Å². The van der Waals surface area contributed by atoms with Crippen LogP contribution in [0.4, 0.5) is 22.7 Å². The molecular formula is C51H63B2BrN9O2S2U. The number of benzene rings is 4. The van der Waals surface area contributed by atoms with Crippen molar-refractivity contribution in [3.63, 3.8) is 0 Å². The molecule has 8 N–H and O–H groups in total. The van der Waals surface area contributed by atoms with Crippen LogP contribution in [0.15, 0.2) is 155 Å². The minimum Gasteiger partial charge on any atom is 0 e. The second-order valence-corrected chi connectivity index (χ2v) is 17.8. The Balaban J connectivity index is 0.000000421. The van der Waals surface area contributed by atoms with Crippen molar-refractivity contribution in [2.45, 2.75) is 72.5 Å². The van der Waals surface area contributed by atoms with Crippen molar-refractivity contribution in [2.24, 2.45) is 4.30 Å². The number of pyridine rings is 4. The molecule has 4 aromatic heterocycles. The maximum Gasteiger partial charge on any atom is 0 e. The number of halogens is 1. The van der Waals surface area contributed by atoms with Crippen LogP contribution in [-0.4, -0.2) is 45.9 Å². The van der Waals surface area contributed by atoms with Crippen molar-refractivity contribution < 1.29 is 41.8 Å². The average molecular weight is 1240 g/mol. The van der Waals surface area contributed by atoms with E-state index in [1.165, 1.54) is 10.9 Å². The van der Waals surface area contributed by atoms with Crippen LogP contribution >= 0.6 is 42.2 Å². The van der Waals surface area contributed by atoms with Crippen LogP contribution in [0, 0.1) is 31.1 Å². The van der Waals surface area contributed by atoms with Gasteiger partial charge in [-0.1, -0.05) is 98.7 Å². The number of nitrogens with two attached hydrogens (primary N) is 4. The molecular weight excluding hydrogens is 1170 g/mol. The third-order valence-corrected chi connectivity index (χ3v) is 11.5. The SMILES string of the molecule is C=C(C)B1OC(C)(C)C(C)(C)O1.C=C(C)c1c(N)cnc2ccccc12.CC(C)c1c(N)cnc2ccccc12.Nc1cnc2ccccc2c1.Nc1cnc2ccccc2c1Br.S.[3HH].[B]=NS.[U]. The molecule has 1 saturated heterocycles. The number of allylic oxidation sites excluding steroid dienone is 2. The van der Waals surface area contributed by atoms with Gasteiger partial charge < -0.3 is 32.2 Å². The third kappa shape index (κ3) is 15.9. The Hall–Kier alpha value is -4.72. The predicted octanol–water partition coefficient (Wildman–Crippen LogP) is 12.9. The summed E-state index contributed by atoms with van der Waals surface area (Å²) < 4.78 is 15.0. The average Bonchev–Trinajstić information content (AvgIpc) is 3.51. The summed E-state index contributed by atoms with van der Waals surface area (Å²) in [5, 5.41) is 4.38. The summed E-state index contributed by atoms with van der Waals surface area (Å²) in [6.45, 7) is 24.1.